The zero-order valence-electron chi connectivity index (χ0n) is 15.5. The summed E-state index contributed by atoms with van der Waals surface area (Å²) in [6.45, 7) is 3.11. The average molecular weight is 377 g/mol. The van der Waals surface area contributed by atoms with Gasteiger partial charge in [-0.25, -0.2) is 4.39 Å². The van der Waals surface area contributed by atoms with Crippen LogP contribution < -0.4 is 5.32 Å². The Kier molecular flexibility index (Phi) is 4.77. The topological polar surface area (TPSA) is 62.3 Å². The molecule has 1 aliphatic heterocycles. The molecule has 1 unspecified atom stereocenters. The molecule has 1 aromatic heterocycles. The number of carbonyl (C=O) groups is 2. The normalized spacial score (nSPS) is 16.6. The van der Waals surface area contributed by atoms with Crippen molar-refractivity contribution in [2.75, 3.05) is 6.54 Å². The zero-order chi connectivity index (χ0) is 19.7. The molecule has 1 aliphatic rings. The van der Waals surface area contributed by atoms with Crippen LogP contribution in [0.3, 0.4) is 0 Å². The van der Waals surface area contributed by atoms with E-state index in [0.29, 0.717) is 24.9 Å². The highest BCUT2D eigenvalue weighted by molar-refractivity contribution is 6.00. The minimum absolute atomic E-state index is 0.114. The Morgan fingerprint density at radius 3 is 2.82 bits per heavy atom. The van der Waals surface area contributed by atoms with Crippen molar-refractivity contribution < 1.29 is 14.0 Å². The van der Waals surface area contributed by atoms with Crippen molar-refractivity contribution in [3.8, 4) is 0 Å². The Balaban J connectivity index is 1.45. The summed E-state index contributed by atoms with van der Waals surface area (Å²) in [5.41, 5.74) is 2.62. The van der Waals surface area contributed by atoms with Crippen molar-refractivity contribution in [3.05, 3.63) is 77.2 Å². The molecular formula is C22H20FN3O2. The largest absolute Gasteiger partial charge is 0.340 e. The molecule has 1 saturated heterocycles. The SMILES string of the molecule is Cc1ccc(CN2CCC(NC(=O)c3cc(F)c4ncccc4c3)C2=O)cc1. The highest BCUT2D eigenvalue weighted by Crippen LogP contribution is 2.19. The van der Waals surface area contributed by atoms with Crippen molar-refractivity contribution in [1.29, 1.82) is 0 Å². The number of hydrogen-bond donors (Lipinski definition) is 1. The molecule has 2 amide bonds. The van der Waals surface area contributed by atoms with E-state index in [2.05, 4.69) is 10.3 Å². The number of pyridine rings is 1. The molecule has 0 aliphatic carbocycles. The quantitative estimate of drug-likeness (QED) is 0.759. The van der Waals surface area contributed by atoms with Crippen molar-refractivity contribution in [2.45, 2.75) is 25.9 Å². The first-order valence-corrected chi connectivity index (χ1v) is 9.21. The van der Waals surface area contributed by atoms with E-state index in [1.165, 1.54) is 11.8 Å². The number of nitrogens with zero attached hydrogens (tertiary/aromatic N) is 2. The standard InChI is InChI=1S/C22H20FN3O2/c1-14-4-6-15(7-5-14)13-26-10-8-19(22(26)28)25-21(27)17-11-16-3-2-9-24-20(16)18(23)12-17/h2-7,9,11-12,19H,8,10,13H2,1H3,(H,25,27). The maximum Gasteiger partial charge on any atom is 0.252 e. The van der Waals surface area contributed by atoms with Gasteiger partial charge in [0.05, 0.1) is 0 Å². The number of aromatic nitrogens is 1. The molecular weight excluding hydrogens is 357 g/mol. The molecule has 2 heterocycles. The Labute approximate surface area is 162 Å². The van der Waals surface area contributed by atoms with E-state index in [4.69, 9.17) is 0 Å². The van der Waals surface area contributed by atoms with E-state index in [9.17, 15) is 14.0 Å². The smallest absolute Gasteiger partial charge is 0.252 e. The second kappa shape index (κ2) is 7.38. The summed E-state index contributed by atoms with van der Waals surface area (Å²) < 4.78 is 14.2. The average Bonchev–Trinajstić information content (AvgIpc) is 3.03. The van der Waals surface area contributed by atoms with E-state index in [1.807, 2.05) is 31.2 Å². The summed E-state index contributed by atoms with van der Waals surface area (Å²) in [7, 11) is 0. The lowest BCUT2D eigenvalue weighted by Gasteiger charge is -2.17. The van der Waals surface area contributed by atoms with Crippen LogP contribution in [0.4, 0.5) is 4.39 Å². The van der Waals surface area contributed by atoms with Gasteiger partial charge in [0.15, 0.2) is 0 Å². The van der Waals surface area contributed by atoms with Gasteiger partial charge in [-0.15, -0.1) is 0 Å². The van der Waals surface area contributed by atoms with Crippen molar-refractivity contribution in [3.63, 3.8) is 0 Å². The first-order chi connectivity index (χ1) is 13.5. The summed E-state index contributed by atoms with van der Waals surface area (Å²) in [6, 6.07) is 13.6. The van der Waals surface area contributed by atoms with E-state index >= 15 is 0 Å². The molecule has 28 heavy (non-hydrogen) atoms. The van der Waals surface area contributed by atoms with E-state index in [1.54, 1.807) is 23.1 Å². The fourth-order valence-corrected chi connectivity index (χ4v) is 3.46. The number of likely N-dealkylation sites (tertiary alicyclic amines) is 1. The predicted molar refractivity (Wildman–Crippen MR) is 104 cm³/mol. The Bertz CT molecular complexity index is 1050. The summed E-state index contributed by atoms with van der Waals surface area (Å²) >= 11 is 0. The molecule has 4 rings (SSSR count). The third-order valence-corrected chi connectivity index (χ3v) is 5.02. The summed E-state index contributed by atoms with van der Waals surface area (Å²) in [4.78, 5) is 30.9. The van der Waals surface area contributed by atoms with Gasteiger partial charge < -0.3 is 10.2 Å². The lowest BCUT2D eigenvalue weighted by Crippen LogP contribution is -2.41. The third kappa shape index (κ3) is 3.58. The van der Waals surface area contributed by atoms with Crippen LogP contribution >= 0.6 is 0 Å². The maximum atomic E-state index is 14.2. The number of halogens is 1. The molecule has 1 fully saturated rings. The first-order valence-electron chi connectivity index (χ1n) is 9.21. The molecule has 2 aromatic carbocycles. The second-order valence-corrected chi connectivity index (χ2v) is 7.09. The summed E-state index contributed by atoms with van der Waals surface area (Å²) in [5.74, 6) is -1.13. The molecule has 142 valence electrons. The van der Waals surface area contributed by atoms with Crippen molar-refractivity contribution in [2.24, 2.45) is 0 Å². The van der Waals surface area contributed by atoms with Crippen LogP contribution in [0.5, 0.6) is 0 Å². The molecule has 3 aromatic rings. The molecule has 1 atom stereocenters. The molecule has 5 nitrogen and oxygen atoms in total. The van der Waals surface area contributed by atoms with E-state index in [0.717, 1.165) is 11.6 Å². The maximum absolute atomic E-state index is 14.2. The van der Waals surface area contributed by atoms with Crippen LogP contribution in [0, 0.1) is 12.7 Å². The summed E-state index contributed by atoms with van der Waals surface area (Å²) in [5, 5.41) is 3.29. The van der Waals surface area contributed by atoms with Crippen LogP contribution in [-0.2, 0) is 11.3 Å². The van der Waals surface area contributed by atoms with Gasteiger partial charge in [0, 0.05) is 30.2 Å². The van der Waals surface area contributed by atoms with Gasteiger partial charge in [-0.1, -0.05) is 35.9 Å². The molecule has 6 heteroatoms. The van der Waals surface area contributed by atoms with Crippen LogP contribution in [-0.4, -0.2) is 34.3 Å². The van der Waals surface area contributed by atoms with Crippen LogP contribution in [0.1, 0.15) is 27.9 Å². The number of rotatable bonds is 4. The Hall–Kier alpha value is -3.28. The second-order valence-electron chi connectivity index (χ2n) is 7.09. The third-order valence-electron chi connectivity index (χ3n) is 5.02. The minimum Gasteiger partial charge on any atom is -0.340 e. The highest BCUT2D eigenvalue weighted by atomic mass is 19.1. The van der Waals surface area contributed by atoms with Crippen LogP contribution in [0.25, 0.3) is 10.9 Å². The fraction of sp³-hybridized carbons (Fsp3) is 0.227. The number of aryl methyl sites for hydroxylation is 1. The van der Waals surface area contributed by atoms with Gasteiger partial charge in [0.1, 0.15) is 17.4 Å². The van der Waals surface area contributed by atoms with Crippen LogP contribution in [0.15, 0.2) is 54.7 Å². The zero-order valence-corrected chi connectivity index (χ0v) is 15.5. The Morgan fingerprint density at radius 1 is 1.25 bits per heavy atom. The van der Waals surface area contributed by atoms with Crippen molar-refractivity contribution >= 4 is 22.7 Å². The van der Waals surface area contributed by atoms with E-state index < -0.39 is 17.8 Å². The molecule has 1 N–H and O–H groups in total. The number of nitrogens with one attached hydrogen (secondary N) is 1. The van der Waals surface area contributed by atoms with Gasteiger partial charge in [0.25, 0.3) is 5.91 Å². The molecule has 0 radical (unpaired) electrons. The lowest BCUT2D eigenvalue weighted by molar-refractivity contribution is -0.129. The lowest BCUT2D eigenvalue weighted by atomic mass is 10.1. The van der Waals surface area contributed by atoms with E-state index in [-0.39, 0.29) is 17.0 Å². The number of amides is 2. The highest BCUT2D eigenvalue weighted by Gasteiger charge is 2.32. The van der Waals surface area contributed by atoms with Gasteiger partial charge in [-0.2, -0.15) is 0 Å². The fourth-order valence-electron chi connectivity index (χ4n) is 3.46. The van der Waals surface area contributed by atoms with Crippen molar-refractivity contribution in [1.82, 2.24) is 15.2 Å². The minimum atomic E-state index is -0.592. The van der Waals surface area contributed by atoms with Gasteiger partial charge in [0.2, 0.25) is 5.91 Å². The monoisotopic (exact) mass is 377 g/mol. The molecule has 0 saturated carbocycles. The molecule has 0 spiro atoms. The number of hydrogen-bond acceptors (Lipinski definition) is 3. The molecule has 0 bridgehead atoms. The predicted octanol–water partition coefficient (Wildman–Crippen LogP) is 3.21. The first kappa shape index (κ1) is 18.1. The summed E-state index contributed by atoms with van der Waals surface area (Å²) in [6.07, 6.45) is 2.04. The Morgan fingerprint density at radius 2 is 2.04 bits per heavy atom. The van der Waals surface area contributed by atoms with Gasteiger partial charge in [-0.3, -0.25) is 14.6 Å². The van der Waals surface area contributed by atoms with Crippen LogP contribution in [0.2, 0.25) is 0 Å². The number of fused-ring (bicyclic) bond motifs is 1. The number of carbonyl (C=O) groups excluding carboxylic acids is 2. The van der Waals surface area contributed by atoms with Gasteiger partial charge >= 0.3 is 0 Å². The van der Waals surface area contributed by atoms with Gasteiger partial charge in [-0.05, 0) is 37.1 Å². The number of benzene rings is 2.